The monoisotopic (exact) mass is 742 g/mol. The molecule has 0 bridgehead atoms. The van der Waals surface area contributed by atoms with Gasteiger partial charge in [0.15, 0.2) is 5.82 Å². The zero-order chi connectivity index (χ0) is 37.7. The highest BCUT2D eigenvalue weighted by Gasteiger charge is 2.17. The smallest absolute Gasteiger partial charge is 0.160 e. The van der Waals surface area contributed by atoms with E-state index >= 15 is 0 Å². The van der Waals surface area contributed by atoms with Crippen molar-refractivity contribution in [3.8, 4) is 67.3 Å². The van der Waals surface area contributed by atoms with E-state index in [0.717, 1.165) is 55.9 Å². The van der Waals surface area contributed by atoms with Crippen LogP contribution in [0, 0.1) is 0 Å². The SMILES string of the molecule is c1ccc(-c2cc(-c3ccc4sc5ccccc5c4c3)cc(-c3cc(-c4ccccc4-c4ccc5c(ccc6ccccc65)c4)nc(-c4ccccc4)n3)c2)cc1. The maximum atomic E-state index is 5.31. The maximum Gasteiger partial charge on any atom is 0.160 e. The summed E-state index contributed by atoms with van der Waals surface area (Å²) < 4.78 is 2.61. The summed E-state index contributed by atoms with van der Waals surface area (Å²) in [7, 11) is 0. The molecule has 2 aromatic heterocycles. The molecule has 0 saturated heterocycles. The summed E-state index contributed by atoms with van der Waals surface area (Å²) in [4.78, 5) is 10.6. The van der Waals surface area contributed by atoms with Crippen LogP contribution in [-0.4, -0.2) is 9.97 Å². The summed E-state index contributed by atoms with van der Waals surface area (Å²) in [6.07, 6.45) is 0. The summed E-state index contributed by atoms with van der Waals surface area (Å²) in [5.41, 5.74) is 11.7. The Labute approximate surface area is 335 Å². The molecule has 0 radical (unpaired) electrons. The Kier molecular flexibility index (Phi) is 8.04. The molecule has 0 aliphatic heterocycles. The third kappa shape index (κ3) is 6.06. The Morgan fingerprint density at radius 3 is 1.72 bits per heavy atom. The van der Waals surface area contributed by atoms with Crippen molar-refractivity contribution in [2.24, 2.45) is 0 Å². The van der Waals surface area contributed by atoms with Gasteiger partial charge in [0, 0.05) is 36.9 Å². The third-order valence-corrected chi connectivity index (χ3v) is 12.2. The molecule has 0 amide bonds. The van der Waals surface area contributed by atoms with Crippen molar-refractivity contribution in [1.29, 1.82) is 0 Å². The van der Waals surface area contributed by atoms with Crippen LogP contribution in [0.2, 0.25) is 0 Å². The Balaban J connectivity index is 1.11. The summed E-state index contributed by atoms with van der Waals surface area (Å²) >= 11 is 1.85. The fourth-order valence-corrected chi connectivity index (χ4v) is 9.32. The number of nitrogens with zero attached hydrogens (tertiary/aromatic N) is 2. The average Bonchev–Trinajstić information content (AvgIpc) is 3.67. The first kappa shape index (κ1) is 33.2. The van der Waals surface area contributed by atoms with Gasteiger partial charge in [0.25, 0.3) is 0 Å². The molecule has 0 fully saturated rings. The van der Waals surface area contributed by atoms with E-state index in [1.807, 2.05) is 17.4 Å². The van der Waals surface area contributed by atoms with Crippen molar-refractivity contribution in [2.45, 2.75) is 0 Å². The van der Waals surface area contributed by atoms with Crippen LogP contribution in [0.15, 0.2) is 206 Å². The van der Waals surface area contributed by atoms with Gasteiger partial charge in [-0.25, -0.2) is 9.97 Å². The van der Waals surface area contributed by atoms with Gasteiger partial charge < -0.3 is 0 Å². The van der Waals surface area contributed by atoms with Gasteiger partial charge in [-0.1, -0.05) is 158 Å². The number of aromatic nitrogens is 2. The van der Waals surface area contributed by atoms with Gasteiger partial charge in [0.2, 0.25) is 0 Å². The summed E-state index contributed by atoms with van der Waals surface area (Å²) in [5, 5.41) is 7.57. The van der Waals surface area contributed by atoms with E-state index in [1.54, 1.807) is 0 Å². The molecule has 11 rings (SSSR count). The minimum absolute atomic E-state index is 0.695. The molecule has 0 unspecified atom stereocenters. The lowest BCUT2D eigenvalue weighted by molar-refractivity contribution is 1.18. The van der Waals surface area contributed by atoms with Crippen molar-refractivity contribution in [3.63, 3.8) is 0 Å². The molecule has 9 aromatic carbocycles. The molecular formula is C54H34N2S. The van der Waals surface area contributed by atoms with E-state index in [2.05, 4.69) is 200 Å². The van der Waals surface area contributed by atoms with E-state index < -0.39 is 0 Å². The summed E-state index contributed by atoms with van der Waals surface area (Å²) in [5.74, 6) is 0.695. The van der Waals surface area contributed by atoms with Gasteiger partial charge in [-0.15, -0.1) is 11.3 Å². The van der Waals surface area contributed by atoms with E-state index in [9.17, 15) is 0 Å². The van der Waals surface area contributed by atoms with E-state index in [-0.39, 0.29) is 0 Å². The lowest BCUT2D eigenvalue weighted by Crippen LogP contribution is -1.97. The van der Waals surface area contributed by atoms with E-state index in [4.69, 9.17) is 9.97 Å². The first-order chi connectivity index (χ1) is 28.2. The van der Waals surface area contributed by atoms with Gasteiger partial charge in [0.05, 0.1) is 11.4 Å². The molecule has 0 aliphatic carbocycles. The predicted molar refractivity (Wildman–Crippen MR) is 243 cm³/mol. The van der Waals surface area contributed by atoms with Crippen LogP contribution in [0.25, 0.3) is 109 Å². The second-order valence-electron chi connectivity index (χ2n) is 14.6. The van der Waals surface area contributed by atoms with Crippen LogP contribution in [-0.2, 0) is 0 Å². The van der Waals surface area contributed by atoms with Crippen molar-refractivity contribution in [3.05, 3.63) is 206 Å². The third-order valence-electron chi connectivity index (χ3n) is 11.1. The molecule has 2 nitrogen and oxygen atoms in total. The van der Waals surface area contributed by atoms with Crippen LogP contribution in [0.5, 0.6) is 0 Å². The Morgan fingerprint density at radius 1 is 0.281 bits per heavy atom. The van der Waals surface area contributed by atoms with Crippen molar-refractivity contribution in [1.82, 2.24) is 9.97 Å². The van der Waals surface area contributed by atoms with Crippen LogP contribution >= 0.6 is 11.3 Å². The summed E-state index contributed by atoms with van der Waals surface area (Å²) in [6, 6.07) is 74.1. The highest BCUT2D eigenvalue weighted by molar-refractivity contribution is 7.25. The lowest BCUT2D eigenvalue weighted by Gasteiger charge is -2.15. The van der Waals surface area contributed by atoms with Crippen molar-refractivity contribution >= 4 is 53.1 Å². The van der Waals surface area contributed by atoms with Crippen LogP contribution < -0.4 is 0 Å². The minimum atomic E-state index is 0.695. The average molecular weight is 743 g/mol. The second kappa shape index (κ2) is 13.8. The van der Waals surface area contributed by atoms with E-state index in [1.165, 1.54) is 47.3 Å². The first-order valence-electron chi connectivity index (χ1n) is 19.3. The molecule has 0 aliphatic rings. The Morgan fingerprint density at radius 2 is 0.877 bits per heavy atom. The Hall–Kier alpha value is -7.20. The van der Waals surface area contributed by atoms with Gasteiger partial charge in [-0.3, -0.25) is 0 Å². The van der Waals surface area contributed by atoms with Gasteiger partial charge in [0.1, 0.15) is 0 Å². The standard InChI is InChI=1S/C54H34N2S/c1-3-13-35(14-4-1)41-30-42(38-26-28-53-49(33-38)48-21-11-12-22-52(48)57-53)32-43(31-41)50-34-51(56-54(55-50)37-16-5-2-6-17-37)47-20-10-9-19-45(47)40-25-27-46-39(29-40)24-23-36-15-7-8-18-44(36)46/h1-34H. The molecular weight excluding hydrogens is 709 g/mol. The normalized spacial score (nSPS) is 11.5. The van der Waals surface area contributed by atoms with Crippen LogP contribution in [0.4, 0.5) is 0 Å². The van der Waals surface area contributed by atoms with E-state index in [0.29, 0.717) is 5.82 Å². The second-order valence-corrected chi connectivity index (χ2v) is 15.7. The zero-order valence-corrected chi connectivity index (χ0v) is 31.7. The number of hydrogen-bond acceptors (Lipinski definition) is 3. The molecule has 0 spiro atoms. The highest BCUT2D eigenvalue weighted by Crippen LogP contribution is 2.40. The molecule has 0 N–H and O–H groups in total. The molecule has 57 heavy (non-hydrogen) atoms. The van der Waals surface area contributed by atoms with Gasteiger partial charge >= 0.3 is 0 Å². The summed E-state index contributed by atoms with van der Waals surface area (Å²) in [6.45, 7) is 0. The molecule has 3 heteroatoms. The quantitative estimate of drug-likeness (QED) is 0.159. The number of fused-ring (bicyclic) bond motifs is 6. The largest absolute Gasteiger partial charge is 0.228 e. The number of hydrogen-bond donors (Lipinski definition) is 0. The predicted octanol–water partition coefficient (Wildman–Crippen LogP) is 15.2. The van der Waals surface area contributed by atoms with Crippen molar-refractivity contribution < 1.29 is 0 Å². The molecule has 266 valence electrons. The Bertz CT molecular complexity index is 3290. The topological polar surface area (TPSA) is 25.8 Å². The van der Waals surface area contributed by atoms with Gasteiger partial charge in [-0.2, -0.15) is 0 Å². The highest BCUT2D eigenvalue weighted by atomic mass is 32.1. The number of rotatable bonds is 6. The first-order valence-corrected chi connectivity index (χ1v) is 20.1. The fourth-order valence-electron chi connectivity index (χ4n) is 8.23. The number of benzene rings is 9. The minimum Gasteiger partial charge on any atom is -0.228 e. The molecule has 2 heterocycles. The molecule has 0 atom stereocenters. The zero-order valence-electron chi connectivity index (χ0n) is 30.9. The van der Waals surface area contributed by atoms with Crippen molar-refractivity contribution in [2.75, 3.05) is 0 Å². The van der Waals surface area contributed by atoms with Crippen LogP contribution in [0.3, 0.4) is 0 Å². The maximum absolute atomic E-state index is 5.31. The molecule has 0 saturated carbocycles. The van der Waals surface area contributed by atoms with Crippen LogP contribution in [0.1, 0.15) is 0 Å². The molecule has 11 aromatic rings. The fraction of sp³-hybridized carbons (Fsp3) is 0. The lowest BCUT2D eigenvalue weighted by atomic mass is 9.92. The van der Waals surface area contributed by atoms with Gasteiger partial charge in [-0.05, 0) is 103 Å². The number of thiophene rings is 1.